The summed E-state index contributed by atoms with van der Waals surface area (Å²) >= 11 is 6.24. The largest absolute Gasteiger partial charge is 0.326 e. The Labute approximate surface area is 209 Å². The molecule has 0 radical (unpaired) electrons. The molecule has 10 heteroatoms. The Hall–Kier alpha value is -3.69. The Morgan fingerprint density at radius 2 is 1.66 bits per heavy atom. The van der Waals surface area contributed by atoms with Gasteiger partial charge in [-0.2, -0.15) is 5.10 Å². The highest BCUT2D eigenvalue weighted by molar-refractivity contribution is 7.92. The van der Waals surface area contributed by atoms with Gasteiger partial charge in [-0.3, -0.25) is 13.9 Å². The normalized spacial score (nSPS) is 11.6. The lowest BCUT2D eigenvalue weighted by Crippen LogP contribution is -2.40. The van der Waals surface area contributed by atoms with Crippen LogP contribution in [0.4, 0.5) is 11.4 Å². The number of amides is 2. The molecule has 0 atom stereocenters. The van der Waals surface area contributed by atoms with Crippen LogP contribution in [-0.2, 0) is 19.6 Å². The smallest absolute Gasteiger partial charge is 0.264 e. The van der Waals surface area contributed by atoms with Gasteiger partial charge in [0.2, 0.25) is 5.91 Å². The molecule has 3 aromatic carbocycles. The SMILES string of the molecule is CC(=O)Nc1cccc(/C(C)=N\NC(=O)CN(c2cccc(Cl)c2C)S(=O)(=O)c2ccccc2)c1. The molecule has 0 heterocycles. The van der Waals surface area contributed by atoms with E-state index >= 15 is 0 Å². The summed E-state index contributed by atoms with van der Waals surface area (Å²) in [6, 6.07) is 19.7. The number of hydrazone groups is 1. The van der Waals surface area contributed by atoms with Crippen molar-refractivity contribution in [3.05, 3.63) is 88.9 Å². The Morgan fingerprint density at radius 1 is 0.971 bits per heavy atom. The van der Waals surface area contributed by atoms with E-state index in [1.165, 1.54) is 19.1 Å². The third kappa shape index (κ3) is 6.46. The van der Waals surface area contributed by atoms with Crippen LogP contribution in [0.1, 0.15) is 25.0 Å². The van der Waals surface area contributed by atoms with Crippen molar-refractivity contribution in [3.63, 3.8) is 0 Å². The van der Waals surface area contributed by atoms with E-state index in [2.05, 4.69) is 15.8 Å². The number of carbonyl (C=O) groups excluding carboxylic acids is 2. The van der Waals surface area contributed by atoms with Crippen molar-refractivity contribution in [2.75, 3.05) is 16.2 Å². The molecular formula is C25H25ClN4O4S. The molecule has 0 aromatic heterocycles. The summed E-state index contributed by atoms with van der Waals surface area (Å²) in [5.41, 5.74) is 4.98. The highest BCUT2D eigenvalue weighted by atomic mass is 35.5. The second-order valence-electron chi connectivity index (χ2n) is 7.70. The minimum absolute atomic E-state index is 0.0432. The Balaban J connectivity index is 1.87. The molecule has 0 bridgehead atoms. The highest BCUT2D eigenvalue weighted by Gasteiger charge is 2.28. The quantitative estimate of drug-likeness (QED) is 0.345. The lowest BCUT2D eigenvalue weighted by Gasteiger charge is -2.25. The van der Waals surface area contributed by atoms with Crippen molar-refractivity contribution >= 4 is 50.5 Å². The molecule has 0 aliphatic carbocycles. The highest BCUT2D eigenvalue weighted by Crippen LogP contribution is 2.30. The summed E-state index contributed by atoms with van der Waals surface area (Å²) < 4.78 is 27.9. The fraction of sp³-hybridized carbons (Fsp3) is 0.160. The van der Waals surface area contributed by atoms with Crippen molar-refractivity contribution < 1.29 is 18.0 Å². The van der Waals surface area contributed by atoms with Gasteiger partial charge in [-0.15, -0.1) is 0 Å². The molecule has 182 valence electrons. The number of hydrogen-bond donors (Lipinski definition) is 2. The van der Waals surface area contributed by atoms with Gasteiger partial charge in [0.05, 0.1) is 16.3 Å². The first-order valence-electron chi connectivity index (χ1n) is 10.6. The number of rotatable bonds is 8. The fourth-order valence-electron chi connectivity index (χ4n) is 3.29. The van der Waals surface area contributed by atoms with E-state index in [9.17, 15) is 18.0 Å². The summed E-state index contributed by atoms with van der Waals surface area (Å²) in [7, 11) is -4.07. The van der Waals surface area contributed by atoms with Crippen molar-refractivity contribution in [1.29, 1.82) is 0 Å². The van der Waals surface area contributed by atoms with Crippen molar-refractivity contribution in [1.82, 2.24) is 5.43 Å². The van der Waals surface area contributed by atoms with Gasteiger partial charge in [0.15, 0.2) is 0 Å². The first kappa shape index (κ1) is 25.9. The third-order valence-electron chi connectivity index (χ3n) is 5.08. The number of nitrogens with zero attached hydrogens (tertiary/aromatic N) is 2. The molecule has 0 spiro atoms. The van der Waals surface area contributed by atoms with E-state index in [1.807, 2.05) is 0 Å². The van der Waals surface area contributed by atoms with Gasteiger partial charge in [-0.05, 0) is 61.4 Å². The zero-order valence-corrected chi connectivity index (χ0v) is 21.0. The van der Waals surface area contributed by atoms with E-state index in [1.54, 1.807) is 74.5 Å². The molecule has 35 heavy (non-hydrogen) atoms. The lowest BCUT2D eigenvalue weighted by molar-refractivity contribution is -0.119. The van der Waals surface area contributed by atoms with Crippen LogP contribution in [0.15, 0.2) is 82.8 Å². The topological polar surface area (TPSA) is 108 Å². The van der Waals surface area contributed by atoms with Crippen LogP contribution in [-0.4, -0.2) is 32.5 Å². The number of sulfonamides is 1. The number of hydrogen-bond acceptors (Lipinski definition) is 5. The molecule has 0 aliphatic rings. The first-order chi connectivity index (χ1) is 16.6. The van der Waals surface area contributed by atoms with Crippen LogP contribution < -0.4 is 15.0 Å². The van der Waals surface area contributed by atoms with Gasteiger partial charge < -0.3 is 5.32 Å². The average Bonchev–Trinajstić information content (AvgIpc) is 2.83. The molecule has 3 rings (SSSR count). The summed E-state index contributed by atoms with van der Waals surface area (Å²) in [6.07, 6.45) is 0. The molecule has 0 unspecified atom stereocenters. The minimum atomic E-state index is -4.07. The summed E-state index contributed by atoms with van der Waals surface area (Å²) in [5, 5.41) is 7.18. The number of carbonyl (C=O) groups is 2. The van der Waals surface area contributed by atoms with E-state index in [0.29, 0.717) is 33.2 Å². The predicted octanol–water partition coefficient (Wildman–Crippen LogP) is 4.34. The van der Waals surface area contributed by atoms with Crippen LogP contribution in [0.2, 0.25) is 5.02 Å². The van der Waals surface area contributed by atoms with E-state index in [0.717, 1.165) is 4.31 Å². The van der Waals surface area contributed by atoms with Gasteiger partial charge >= 0.3 is 0 Å². The number of nitrogens with one attached hydrogen (secondary N) is 2. The molecule has 2 N–H and O–H groups in total. The van der Waals surface area contributed by atoms with E-state index in [4.69, 9.17) is 11.6 Å². The van der Waals surface area contributed by atoms with Crippen LogP contribution >= 0.6 is 11.6 Å². The second-order valence-corrected chi connectivity index (χ2v) is 9.97. The maximum atomic E-state index is 13.4. The van der Waals surface area contributed by atoms with Crippen LogP contribution in [0.5, 0.6) is 0 Å². The van der Waals surface area contributed by atoms with Crippen molar-refractivity contribution in [2.24, 2.45) is 5.10 Å². The van der Waals surface area contributed by atoms with E-state index < -0.39 is 22.5 Å². The van der Waals surface area contributed by atoms with Crippen LogP contribution in [0.3, 0.4) is 0 Å². The zero-order chi connectivity index (χ0) is 25.6. The summed E-state index contributed by atoms with van der Waals surface area (Å²) in [5.74, 6) is -0.845. The van der Waals surface area contributed by atoms with Crippen molar-refractivity contribution in [3.8, 4) is 0 Å². The first-order valence-corrected chi connectivity index (χ1v) is 12.5. The standard InChI is InChI=1S/C25H25ClN4O4S/c1-17-23(26)13-8-14-24(17)30(35(33,34)22-11-5-4-6-12-22)16-25(32)29-28-18(2)20-9-7-10-21(15-20)27-19(3)31/h4-15H,16H2,1-3H3,(H,27,31)(H,29,32)/b28-18-. The van der Waals surface area contributed by atoms with Gasteiger partial charge in [-0.1, -0.05) is 48.0 Å². The Morgan fingerprint density at radius 3 is 2.34 bits per heavy atom. The van der Waals surface area contributed by atoms with Gasteiger partial charge in [0.25, 0.3) is 15.9 Å². The fourth-order valence-corrected chi connectivity index (χ4v) is 4.96. The average molecular weight is 513 g/mol. The molecule has 0 fully saturated rings. The Kier molecular flexibility index (Phi) is 8.26. The number of benzene rings is 3. The number of anilines is 2. The summed E-state index contributed by atoms with van der Waals surface area (Å²) in [4.78, 5) is 24.2. The zero-order valence-electron chi connectivity index (χ0n) is 19.4. The predicted molar refractivity (Wildman–Crippen MR) is 138 cm³/mol. The van der Waals surface area contributed by atoms with Crippen LogP contribution in [0.25, 0.3) is 0 Å². The molecule has 0 saturated carbocycles. The molecule has 8 nitrogen and oxygen atoms in total. The van der Waals surface area contributed by atoms with Crippen LogP contribution in [0, 0.1) is 6.92 Å². The molecule has 2 amide bonds. The van der Waals surface area contributed by atoms with E-state index in [-0.39, 0.29) is 10.8 Å². The summed E-state index contributed by atoms with van der Waals surface area (Å²) in [6.45, 7) is 4.27. The van der Waals surface area contributed by atoms with Crippen molar-refractivity contribution in [2.45, 2.75) is 25.7 Å². The third-order valence-corrected chi connectivity index (χ3v) is 7.26. The molecule has 0 aliphatic heterocycles. The molecular weight excluding hydrogens is 488 g/mol. The van der Waals surface area contributed by atoms with Gasteiger partial charge in [0, 0.05) is 17.6 Å². The van der Waals surface area contributed by atoms with Gasteiger partial charge in [0.1, 0.15) is 6.54 Å². The lowest BCUT2D eigenvalue weighted by atomic mass is 10.1. The maximum absolute atomic E-state index is 13.4. The van der Waals surface area contributed by atoms with Gasteiger partial charge in [-0.25, -0.2) is 13.8 Å². The molecule has 0 saturated heterocycles. The number of halogens is 1. The monoisotopic (exact) mass is 512 g/mol. The maximum Gasteiger partial charge on any atom is 0.264 e. The minimum Gasteiger partial charge on any atom is -0.326 e. The Bertz CT molecular complexity index is 1380. The second kappa shape index (κ2) is 11.2. The molecule has 3 aromatic rings.